The topological polar surface area (TPSA) is 54.6 Å². The van der Waals surface area contributed by atoms with E-state index in [-0.39, 0.29) is 5.92 Å². The van der Waals surface area contributed by atoms with Crippen molar-refractivity contribution in [3.05, 3.63) is 177 Å². The number of nitrogens with zero attached hydrogens (tertiary/aromatic N) is 2. The van der Waals surface area contributed by atoms with Crippen LogP contribution in [0.15, 0.2) is 127 Å². The predicted molar refractivity (Wildman–Crippen MR) is 229 cm³/mol. The number of rotatable bonds is 7. The number of nitrogens with one attached hydrogen (secondary N) is 4. The minimum absolute atomic E-state index is 0.176. The van der Waals surface area contributed by atoms with Gasteiger partial charge in [0.25, 0.3) is 0 Å². The number of hydrogen-bond donors (Lipinski definition) is 4. The number of hydrogen-bond acceptors (Lipinski definition) is 6. The largest absolute Gasteiger partial charge is 0.313 e. The highest BCUT2D eigenvalue weighted by Gasteiger charge is 2.19. The van der Waals surface area contributed by atoms with Crippen LogP contribution in [-0.4, -0.2) is 62.2 Å². The van der Waals surface area contributed by atoms with Crippen molar-refractivity contribution in [2.45, 2.75) is 70.9 Å². The zero-order chi connectivity index (χ0) is 37.3. The Labute approximate surface area is 330 Å². The standard InChI is InChI=1S/C49H62N6/c1-2-18-46(19-3-1)49(47-20-6-16-44(32-47)38-54-26-8-22-50-34-40-12-4-13-41(30-40)35-51-23-9-27-54)48-21-7-17-45(33-48)39-55-28-10-24-52-36-42-14-5-15-43(31-42)37-53-25-11-29-55/h1-7,12-21,30-33,49-53H,8-11,22-29,34-39H2. The van der Waals surface area contributed by atoms with Gasteiger partial charge in [-0.05, 0) is 128 Å². The fourth-order valence-corrected chi connectivity index (χ4v) is 8.36. The Morgan fingerprint density at radius 1 is 0.382 bits per heavy atom. The lowest BCUT2D eigenvalue weighted by Gasteiger charge is -2.25. The Kier molecular flexibility index (Phi) is 15.1. The van der Waals surface area contributed by atoms with Gasteiger partial charge >= 0.3 is 0 Å². The Morgan fingerprint density at radius 3 is 1.15 bits per heavy atom. The second-order valence-electron chi connectivity index (χ2n) is 15.6. The summed E-state index contributed by atoms with van der Waals surface area (Å²) in [7, 11) is 0. The van der Waals surface area contributed by atoms with E-state index in [1.807, 2.05) is 0 Å². The molecule has 55 heavy (non-hydrogen) atoms. The van der Waals surface area contributed by atoms with Crippen molar-refractivity contribution >= 4 is 0 Å². The van der Waals surface area contributed by atoms with Crippen LogP contribution in [0.1, 0.15) is 81.7 Å². The summed E-state index contributed by atoms with van der Waals surface area (Å²) in [4.78, 5) is 5.32. The van der Waals surface area contributed by atoms with Crippen molar-refractivity contribution in [2.75, 3.05) is 52.4 Å². The van der Waals surface area contributed by atoms with Crippen LogP contribution in [0.25, 0.3) is 0 Å². The maximum absolute atomic E-state index is 3.69. The third-order valence-electron chi connectivity index (χ3n) is 11.1. The monoisotopic (exact) mass is 735 g/mol. The molecule has 4 bridgehead atoms. The zero-order valence-electron chi connectivity index (χ0n) is 32.8. The molecule has 0 atom stereocenters. The van der Waals surface area contributed by atoms with Gasteiger partial charge in [0.05, 0.1) is 0 Å². The minimum Gasteiger partial charge on any atom is -0.313 e. The molecule has 0 fully saturated rings. The smallest absolute Gasteiger partial charge is 0.0340 e. The third-order valence-corrected chi connectivity index (χ3v) is 11.1. The van der Waals surface area contributed by atoms with Crippen molar-refractivity contribution in [3.63, 3.8) is 0 Å². The van der Waals surface area contributed by atoms with Crippen LogP contribution in [0, 0.1) is 0 Å². The lowest BCUT2D eigenvalue weighted by molar-refractivity contribution is 0.256. The van der Waals surface area contributed by atoms with Crippen LogP contribution in [0.3, 0.4) is 0 Å². The molecule has 2 aliphatic rings. The quantitative estimate of drug-likeness (QED) is 0.128. The fraction of sp³-hybridized carbons (Fsp3) is 0.388. The predicted octanol–water partition coefficient (Wildman–Crippen LogP) is 7.82. The van der Waals surface area contributed by atoms with Gasteiger partial charge in [-0.25, -0.2) is 0 Å². The average molecular weight is 735 g/mol. The first-order valence-corrected chi connectivity index (χ1v) is 20.9. The molecule has 2 aliphatic heterocycles. The van der Waals surface area contributed by atoms with Gasteiger partial charge in [0, 0.05) is 45.2 Å². The molecule has 4 N–H and O–H groups in total. The molecule has 7 rings (SSSR count). The zero-order valence-corrected chi connectivity index (χ0v) is 32.8. The first-order chi connectivity index (χ1) is 27.2. The van der Waals surface area contributed by atoms with Gasteiger partial charge in [-0.15, -0.1) is 0 Å². The number of fused-ring (bicyclic) bond motifs is 4. The molecule has 0 saturated carbocycles. The van der Waals surface area contributed by atoms with Gasteiger partial charge in [-0.3, -0.25) is 9.80 Å². The maximum Gasteiger partial charge on any atom is 0.0340 e. The minimum atomic E-state index is 0.176. The lowest BCUT2D eigenvalue weighted by atomic mass is 9.84. The highest BCUT2D eigenvalue weighted by atomic mass is 15.1. The lowest BCUT2D eigenvalue weighted by Crippen LogP contribution is -2.30. The molecule has 6 heteroatoms. The Hall–Kier alpha value is -4.14. The van der Waals surface area contributed by atoms with Crippen molar-refractivity contribution in [2.24, 2.45) is 0 Å². The molecular formula is C49H62N6. The van der Waals surface area contributed by atoms with Gasteiger partial charge in [-0.1, -0.05) is 127 Å². The summed E-state index contributed by atoms with van der Waals surface area (Å²) >= 11 is 0. The molecule has 0 amide bonds. The van der Waals surface area contributed by atoms with Gasteiger partial charge in [0.1, 0.15) is 0 Å². The molecule has 5 aromatic rings. The van der Waals surface area contributed by atoms with Crippen molar-refractivity contribution in [1.82, 2.24) is 31.1 Å². The molecule has 0 aromatic heterocycles. The van der Waals surface area contributed by atoms with Crippen molar-refractivity contribution in [1.29, 1.82) is 0 Å². The van der Waals surface area contributed by atoms with Gasteiger partial charge in [0.2, 0.25) is 0 Å². The molecule has 6 nitrogen and oxygen atoms in total. The van der Waals surface area contributed by atoms with Crippen LogP contribution < -0.4 is 21.3 Å². The van der Waals surface area contributed by atoms with E-state index in [9.17, 15) is 0 Å². The summed E-state index contributed by atoms with van der Waals surface area (Å²) in [6.45, 7) is 14.2. The number of benzene rings is 5. The molecule has 2 heterocycles. The fourth-order valence-electron chi connectivity index (χ4n) is 8.36. The van der Waals surface area contributed by atoms with E-state index in [0.717, 1.165) is 117 Å². The summed E-state index contributed by atoms with van der Waals surface area (Å²) in [5.41, 5.74) is 12.4. The van der Waals surface area contributed by atoms with Crippen LogP contribution in [0.5, 0.6) is 0 Å². The molecule has 0 aliphatic carbocycles. The van der Waals surface area contributed by atoms with Crippen LogP contribution in [0.4, 0.5) is 0 Å². The molecule has 0 saturated heterocycles. The van der Waals surface area contributed by atoms with Crippen molar-refractivity contribution < 1.29 is 0 Å². The van der Waals surface area contributed by atoms with Gasteiger partial charge in [-0.2, -0.15) is 0 Å². The molecule has 5 aromatic carbocycles. The molecule has 0 spiro atoms. The third kappa shape index (κ3) is 12.4. The van der Waals surface area contributed by atoms with E-state index in [4.69, 9.17) is 0 Å². The first-order valence-electron chi connectivity index (χ1n) is 20.9. The van der Waals surface area contributed by atoms with Crippen LogP contribution in [-0.2, 0) is 39.3 Å². The average Bonchev–Trinajstić information content (AvgIpc) is 3.21. The van der Waals surface area contributed by atoms with Crippen LogP contribution in [0.2, 0.25) is 0 Å². The summed E-state index contributed by atoms with van der Waals surface area (Å²) in [5.74, 6) is 0.176. The SMILES string of the molecule is c1ccc(C(c2cccc(CN3CCCNCc4cccc(c4)CNCCC3)c2)c2cccc(CN3CCCNCc4cccc(c4)CNCCC3)c2)cc1. The van der Waals surface area contributed by atoms with E-state index >= 15 is 0 Å². The van der Waals surface area contributed by atoms with E-state index in [2.05, 4.69) is 158 Å². The summed E-state index contributed by atoms with van der Waals surface area (Å²) in [6, 6.07) is 48.0. The summed E-state index contributed by atoms with van der Waals surface area (Å²) in [5, 5.41) is 14.8. The molecule has 288 valence electrons. The Bertz CT molecular complexity index is 1700. The summed E-state index contributed by atoms with van der Waals surface area (Å²) in [6.07, 6.45) is 4.57. The molecule has 0 unspecified atom stereocenters. The maximum atomic E-state index is 3.69. The highest BCUT2D eigenvalue weighted by Crippen LogP contribution is 2.33. The van der Waals surface area contributed by atoms with Gasteiger partial charge < -0.3 is 21.3 Å². The summed E-state index contributed by atoms with van der Waals surface area (Å²) < 4.78 is 0. The van der Waals surface area contributed by atoms with E-state index in [1.54, 1.807) is 0 Å². The first kappa shape index (κ1) is 39.1. The van der Waals surface area contributed by atoms with E-state index in [0.29, 0.717) is 0 Å². The van der Waals surface area contributed by atoms with Crippen molar-refractivity contribution in [3.8, 4) is 0 Å². The van der Waals surface area contributed by atoms with Gasteiger partial charge in [0.15, 0.2) is 0 Å². The van der Waals surface area contributed by atoms with E-state index in [1.165, 1.54) is 50.1 Å². The highest BCUT2D eigenvalue weighted by molar-refractivity contribution is 5.45. The Balaban J connectivity index is 1.03. The normalized spacial score (nSPS) is 17.6. The van der Waals surface area contributed by atoms with Crippen LogP contribution >= 0.6 is 0 Å². The molecule has 0 radical (unpaired) electrons. The van der Waals surface area contributed by atoms with E-state index < -0.39 is 0 Å². The Morgan fingerprint density at radius 2 is 0.745 bits per heavy atom. The molecular weight excluding hydrogens is 673 g/mol. The second kappa shape index (κ2) is 21.2. The second-order valence-corrected chi connectivity index (χ2v) is 15.6.